The van der Waals surface area contributed by atoms with Crippen LogP contribution in [0.5, 0.6) is 5.75 Å². The van der Waals surface area contributed by atoms with Gasteiger partial charge in [0, 0.05) is 41.3 Å². The van der Waals surface area contributed by atoms with E-state index in [9.17, 15) is 32.1 Å². The average molecular weight is 587 g/mol. The summed E-state index contributed by atoms with van der Waals surface area (Å²) in [4.78, 5) is 10.2. The molecule has 16 heteroatoms. The van der Waals surface area contributed by atoms with E-state index in [0.717, 1.165) is 17.7 Å². The number of aryl methyl sites for hydroxylation is 1. The van der Waals surface area contributed by atoms with Crippen LogP contribution in [0.1, 0.15) is 12.5 Å². The normalized spacial score (nSPS) is 12.5. The number of ether oxygens (including phenoxy) is 1. The van der Waals surface area contributed by atoms with Gasteiger partial charge in [-0.15, -0.1) is 4.13 Å². The summed E-state index contributed by atoms with van der Waals surface area (Å²) < 4.78 is 54.0. The first-order valence-corrected chi connectivity index (χ1v) is 14.3. The van der Waals surface area contributed by atoms with Crippen molar-refractivity contribution in [3.05, 3.63) is 76.3 Å². The largest absolute Gasteiger partial charge is 0.491 e. The first-order chi connectivity index (χ1) is 17.7. The molecule has 1 atom stereocenters. The number of nitrogens with one attached hydrogen (secondary N) is 2. The Balaban J connectivity index is 0.00000533. The number of aliphatic hydroxyl groups excluding tert-OH is 1. The third-order valence-electron chi connectivity index (χ3n) is 4.80. The Morgan fingerprint density at radius 2 is 1.62 bits per heavy atom. The Bertz CT molecular complexity index is 1580. The molecule has 203 valence electrons. The van der Waals surface area contributed by atoms with Crippen molar-refractivity contribution in [1.82, 2.24) is 4.13 Å². The van der Waals surface area contributed by atoms with Crippen LogP contribution >= 0.6 is 0 Å². The van der Waals surface area contributed by atoms with Gasteiger partial charge in [-0.25, -0.2) is 16.8 Å². The van der Waals surface area contributed by atoms with E-state index in [2.05, 4.69) is 15.5 Å². The van der Waals surface area contributed by atoms with Crippen molar-refractivity contribution in [3.8, 4) is 5.75 Å². The Kier molecular flexibility index (Phi) is 11.1. The maximum Gasteiger partial charge on any atom is 0.294 e. The average Bonchev–Trinajstić information content (AvgIpc) is 2.81. The van der Waals surface area contributed by atoms with Gasteiger partial charge < -0.3 is 15.2 Å². The molecular formula is C23H25N5NaO8S2. The number of hydrogen-bond donors (Lipinski definition) is 3. The predicted octanol–water partition coefficient (Wildman–Crippen LogP) is 3.68. The summed E-state index contributed by atoms with van der Waals surface area (Å²) in [6.45, 7) is 3.65. The zero-order chi connectivity index (χ0) is 28.1. The number of nitrogens with zero attached hydrogens (tertiary/aromatic N) is 3. The molecule has 0 heterocycles. The summed E-state index contributed by atoms with van der Waals surface area (Å²) in [7, 11) is -8.63. The van der Waals surface area contributed by atoms with Gasteiger partial charge in [0.2, 0.25) is 10.0 Å². The maximum atomic E-state index is 12.2. The van der Waals surface area contributed by atoms with Gasteiger partial charge in [-0.3, -0.25) is 10.1 Å². The third kappa shape index (κ3) is 9.65. The van der Waals surface area contributed by atoms with Gasteiger partial charge in [0.15, 0.2) is 0 Å². The molecule has 0 aliphatic rings. The molecule has 0 aliphatic carbocycles. The molecule has 0 bridgehead atoms. The van der Waals surface area contributed by atoms with Crippen molar-refractivity contribution < 1.29 is 31.6 Å². The van der Waals surface area contributed by atoms with Crippen LogP contribution in [0.3, 0.4) is 0 Å². The molecular weight excluding hydrogens is 561 g/mol. The zero-order valence-corrected chi connectivity index (χ0v) is 25.2. The SMILES string of the molecule is Cc1cc(N=Nc2ccc(Nc3ccc(S(=O)(=O)NS(C)(=O)=O)cc3[N+](=O)[O-])cc2)ccc1OCC(C)O.[Na]. The minimum absolute atomic E-state index is 0. The number of hydrogen-bond acceptors (Lipinski definition) is 11. The number of sulfonamides is 2. The third-order valence-corrected chi connectivity index (χ3v) is 7.77. The quantitative estimate of drug-likeness (QED) is 0.130. The Morgan fingerprint density at radius 3 is 2.18 bits per heavy atom. The minimum Gasteiger partial charge on any atom is -0.491 e. The van der Waals surface area contributed by atoms with E-state index < -0.39 is 41.7 Å². The molecule has 0 aliphatic heterocycles. The summed E-state index contributed by atoms with van der Waals surface area (Å²) in [6.07, 6.45) is 0.0718. The van der Waals surface area contributed by atoms with Crippen molar-refractivity contribution in [2.75, 3.05) is 18.2 Å². The molecule has 0 fully saturated rings. The molecule has 0 saturated heterocycles. The molecule has 1 unspecified atom stereocenters. The van der Waals surface area contributed by atoms with Crippen LogP contribution in [0.25, 0.3) is 0 Å². The van der Waals surface area contributed by atoms with Gasteiger partial charge in [-0.05, 0) is 74.0 Å². The summed E-state index contributed by atoms with van der Waals surface area (Å²) >= 11 is 0. The van der Waals surface area contributed by atoms with E-state index in [0.29, 0.717) is 29.1 Å². The molecule has 0 saturated carbocycles. The van der Waals surface area contributed by atoms with Crippen LogP contribution in [0, 0.1) is 17.0 Å². The van der Waals surface area contributed by atoms with E-state index in [-0.39, 0.29) is 41.9 Å². The van der Waals surface area contributed by atoms with Crippen LogP contribution in [0.15, 0.2) is 75.8 Å². The minimum atomic E-state index is -4.52. The van der Waals surface area contributed by atoms with E-state index in [1.165, 1.54) is 10.2 Å². The number of rotatable bonds is 11. The van der Waals surface area contributed by atoms with Crippen molar-refractivity contribution in [2.24, 2.45) is 10.2 Å². The van der Waals surface area contributed by atoms with Crippen molar-refractivity contribution >= 4 is 78.0 Å². The fourth-order valence-corrected chi connectivity index (χ4v) is 5.63. The molecule has 3 N–H and O–H groups in total. The van der Waals surface area contributed by atoms with Gasteiger partial charge in [0.05, 0.1) is 33.6 Å². The van der Waals surface area contributed by atoms with Gasteiger partial charge in [-0.2, -0.15) is 10.2 Å². The number of aliphatic hydroxyl groups is 1. The Morgan fingerprint density at radius 1 is 1.00 bits per heavy atom. The first kappa shape index (κ1) is 32.3. The summed E-state index contributed by atoms with van der Waals surface area (Å²) in [5.74, 6) is 0.631. The van der Waals surface area contributed by atoms with Crippen LogP contribution < -0.4 is 14.2 Å². The van der Waals surface area contributed by atoms with Crippen LogP contribution in [-0.2, 0) is 20.0 Å². The van der Waals surface area contributed by atoms with Crippen molar-refractivity contribution in [3.63, 3.8) is 0 Å². The molecule has 3 rings (SSSR count). The predicted molar refractivity (Wildman–Crippen MR) is 146 cm³/mol. The van der Waals surface area contributed by atoms with E-state index in [1.807, 2.05) is 6.92 Å². The summed E-state index contributed by atoms with van der Waals surface area (Å²) in [5, 5.41) is 32.1. The van der Waals surface area contributed by atoms with Gasteiger partial charge in [-0.1, -0.05) is 0 Å². The molecule has 13 nitrogen and oxygen atoms in total. The van der Waals surface area contributed by atoms with Crippen LogP contribution in [0.2, 0.25) is 0 Å². The van der Waals surface area contributed by atoms with Crippen LogP contribution in [-0.4, -0.2) is 75.4 Å². The monoisotopic (exact) mass is 586 g/mol. The number of anilines is 2. The Labute approximate surface area is 247 Å². The standard InChI is InChI=1S/C23H25N5O8S2.Na/c1-15-12-19(8-11-23(15)36-14-16(2)29)26-25-18-6-4-17(5-7-18)24-21-10-9-20(13-22(21)28(30)31)38(34,35)27-37(3,32)33;/h4-13,16,24,27,29H,14H2,1-3H3;. The first-order valence-electron chi connectivity index (χ1n) is 11.0. The Hall–Kier alpha value is -2.92. The second kappa shape index (κ2) is 13.4. The van der Waals surface area contributed by atoms with Crippen molar-refractivity contribution in [2.45, 2.75) is 24.8 Å². The number of benzene rings is 3. The summed E-state index contributed by atoms with van der Waals surface area (Å²) in [5.41, 5.74) is 1.80. The second-order valence-electron chi connectivity index (χ2n) is 8.28. The van der Waals surface area contributed by atoms with Crippen LogP contribution in [0.4, 0.5) is 28.4 Å². The van der Waals surface area contributed by atoms with Crippen molar-refractivity contribution in [1.29, 1.82) is 0 Å². The molecule has 0 aromatic heterocycles. The molecule has 39 heavy (non-hydrogen) atoms. The van der Waals surface area contributed by atoms with Gasteiger partial charge in [0.1, 0.15) is 18.0 Å². The fraction of sp³-hybridized carbons (Fsp3) is 0.217. The molecule has 1 radical (unpaired) electrons. The molecule has 0 amide bonds. The second-order valence-corrected chi connectivity index (χ2v) is 12.0. The topological polar surface area (TPSA) is 190 Å². The molecule has 3 aromatic rings. The number of nitro benzene ring substituents is 1. The molecule has 3 aromatic carbocycles. The van der Waals surface area contributed by atoms with E-state index in [1.54, 1.807) is 49.4 Å². The smallest absolute Gasteiger partial charge is 0.294 e. The van der Waals surface area contributed by atoms with Gasteiger partial charge in [0.25, 0.3) is 15.7 Å². The van der Waals surface area contributed by atoms with E-state index >= 15 is 0 Å². The zero-order valence-electron chi connectivity index (χ0n) is 21.5. The van der Waals surface area contributed by atoms with E-state index in [4.69, 9.17) is 4.74 Å². The fourth-order valence-electron chi connectivity index (χ4n) is 3.13. The van der Waals surface area contributed by atoms with Gasteiger partial charge >= 0.3 is 0 Å². The summed E-state index contributed by atoms with van der Waals surface area (Å²) in [6, 6.07) is 14.7. The molecule has 0 spiro atoms. The maximum absolute atomic E-state index is 12.2. The number of nitro groups is 1. The number of azo groups is 1.